The van der Waals surface area contributed by atoms with Crippen LogP contribution in [0.3, 0.4) is 0 Å². The van der Waals surface area contributed by atoms with E-state index in [-0.39, 0.29) is 36.6 Å². The molecule has 0 aromatic heterocycles. The van der Waals surface area contributed by atoms with Crippen LogP contribution in [0.1, 0.15) is 12.0 Å². The third kappa shape index (κ3) is 5.24. The van der Waals surface area contributed by atoms with Crippen LogP contribution in [-0.4, -0.2) is 56.5 Å². The summed E-state index contributed by atoms with van der Waals surface area (Å²) in [6.45, 7) is -0.0990. The van der Waals surface area contributed by atoms with E-state index in [1.165, 1.54) is 4.90 Å². The van der Waals surface area contributed by atoms with E-state index in [4.69, 9.17) is 4.74 Å². The molecular weight excluding hydrogens is 320 g/mol. The highest BCUT2D eigenvalue weighted by atomic mass is 32.2. The maximum Gasteiger partial charge on any atom is 0.407 e. The molecule has 7 nitrogen and oxygen atoms in total. The third-order valence-corrected chi connectivity index (χ3v) is 5.50. The van der Waals surface area contributed by atoms with Gasteiger partial charge in [0.1, 0.15) is 13.2 Å². The molecular formula is C15H20N2O5S. The number of hydrogen-bond donors (Lipinski definition) is 1. The number of carbonyl (C=O) groups excluding carboxylic acids is 2. The predicted octanol–water partition coefficient (Wildman–Crippen LogP) is 0.558. The molecule has 23 heavy (non-hydrogen) atoms. The van der Waals surface area contributed by atoms with E-state index < -0.39 is 15.9 Å². The van der Waals surface area contributed by atoms with Crippen molar-refractivity contribution in [3.05, 3.63) is 35.9 Å². The van der Waals surface area contributed by atoms with Crippen molar-refractivity contribution in [1.29, 1.82) is 0 Å². The summed E-state index contributed by atoms with van der Waals surface area (Å²) in [6.07, 6.45) is -0.252. The molecule has 1 aromatic carbocycles. The first kappa shape index (κ1) is 17.3. The Morgan fingerprint density at radius 2 is 2.00 bits per heavy atom. The Morgan fingerprint density at radius 3 is 2.61 bits per heavy atom. The summed E-state index contributed by atoms with van der Waals surface area (Å²) in [5, 5.41) is 2.38. The lowest BCUT2D eigenvalue weighted by Crippen LogP contribution is -2.43. The number of nitrogens with one attached hydrogen (secondary N) is 1. The largest absolute Gasteiger partial charge is 0.445 e. The first-order valence-electron chi connectivity index (χ1n) is 7.28. The van der Waals surface area contributed by atoms with Gasteiger partial charge in [0.2, 0.25) is 5.91 Å². The molecule has 1 fully saturated rings. The number of ether oxygens (including phenoxy) is 1. The quantitative estimate of drug-likeness (QED) is 0.845. The summed E-state index contributed by atoms with van der Waals surface area (Å²) >= 11 is 0. The van der Waals surface area contributed by atoms with Crippen molar-refractivity contribution in [1.82, 2.24) is 10.2 Å². The predicted molar refractivity (Wildman–Crippen MR) is 84.5 cm³/mol. The van der Waals surface area contributed by atoms with Crippen molar-refractivity contribution in [3.63, 3.8) is 0 Å². The van der Waals surface area contributed by atoms with E-state index in [0.717, 1.165) is 5.56 Å². The van der Waals surface area contributed by atoms with Gasteiger partial charge in [-0.3, -0.25) is 4.79 Å². The average molecular weight is 340 g/mol. The van der Waals surface area contributed by atoms with Crippen molar-refractivity contribution in [2.24, 2.45) is 0 Å². The van der Waals surface area contributed by atoms with Gasteiger partial charge in [-0.2, -0.15) is 0 Å². The van der Waals surface area contributed by atoms with Gasteiger partial charge in [-0.05, 0) is 12.0 Å². The Morgan fingerprint density at radius 1 is 1.30 bits per heavy atom. The van der Waals surface area contributed by atoms with Crippen molar-refractivity contribution in [2.75, 3.05) is 25.1 Å². The minimum Gasteiger partial charge on any atom is -0.445 e. The smallest absolute Gasteiger partial charge is 0.407 e. The van der Waals surface area contributed by atoms with Crippen LogP contribution in [-0.2, 0) is 26.0 Å². The van der Waals surface area contributed by atoms with Gasteiger partial charge in [0.15, 0.2) is 9.84 Å². The number of carbonyl (C=O) groups is 2. The molecule has 1 aliphatic rings. The Kier molecular flexibility index (Phi) is 5.59. The average Bonchev–Trinajstić information content (AvgIpc) is 2.90. The van der Waals surface area contributed by atoms with Crippen LogP contribution in [0.25, 0.3) is 0 Å². The molecule has 1 atom stereocenters. The van der Waals surface area contributed by atoms with Crippen molar-refractivity contribution in [3.8, 4) is 0 Å². The van der Waals surface area contributed by atoms with Gasteiger partial charge >= 0.3 is 6.09 Å². The zero-order chi connectivity index (χ0) is 16.9. The summed E-state index contributed by atoms with van der Waals surface area (Å²) < 4.78 is 27.9. The number of rotatable bonds is 5. The first-order valence-corrected chi connectivity index (χ1v) is 9.10. The van der Waals surface area contributed by atoms with Crippen molar-refractivity contribution >= 4 is 21.8 Å². The lowest BCUT2D eigenvalue weighted by Gasteiger charge is -2.23. The molecule has 126 valence electrons. The van der Waals surface area contributed by atoms with Crippen LogP contribution in [0, 0.1) is 0 Å². The van der Waals surface area contributed by atoms with Gasteiger partial charge in [-0.1, -0.05) is 30.3 Å². The zero-order valence-electron chi connectivity index (χ0n) is 12.9. The van der Waals surface area contributed by atoms with Crippen LogP contribution in [0.15, 0.2) is 30.3 Å². The van der Waals surface area contributed by atoms with Crippen LogP contribution in [0.5, 0.6) is 0 Å². The Labute approximate surface area is 135 Å². The molecule has 0 saturated carbocycles. The molecule has 1 N–H and O–H groups in total. The molecule has 1 heterocycles. The monoisotopic (exact) mass is 340 g/mol. The van der Waals surface area contributed by atoms with Gasteiger partial charge < -0.3 is 15.0 Å². The summed E-state index contributed by atoms with van der Waals surface area (Å²) in [4.78, 5) is 24.9. The highest BCUT2D eigenvalue weighted by molar-refractivity contribution is 7.91. The number of nitrogens with zero attached hydrogens (tertiary/aromatic N) is 1. The second-order valence-electron chi connectivity index (χ2n) is 5.48. The Hall–Kier alpha value is -2.09. The normalized spacial score (nSPS) is 19.1. The molecule has 1 aliphatic heterocycles. The van der Waals surface area contributed by atoms with E-state index >= 15 is 0 Å². The summed E-state index contributed by atoms with van der Waals surface area (Å²) in [6, 6.07) is 8.87. The lowest BCUT2D eigenvalue weighted by atomic mass is 10.2. The number of sulfone groups is 1. The Balaban J connectivity index is 1.72. The first-order chi connectivity index (χ1) is 10.9. The van der Waals surface area contributed by atoms with E-state index in [1.54, 1.807) is 7.05 Å². The van der Waals surface area contributed by atoms with Crippen molar-refractivity contribution < 1.29 is 22.7 Å². The second kappa shape index (κ2) is 7.45. The van der Waals surface area contributed by atoms with E-state index in [2.05, 4.69) is 5.32 Å². The van der Waals surface area contributed by atoms with Crippen LogP contribution < -0.4 is 5.32 Å². The molecule has 1 aromatic rings. The van der Waals surface area contributed by atoms with Gasteiger partial charge in [0.05, 0.1) is 11.5 Å². The maximum absolute atomic E-state index is 12.0. The third-order valence-electron chi connectivity index (χ3n) is 3.75. The molecule has 1 saturated heterocycles. The molecule has 0 radical (unpaired) electrons. The standard InChI is InChI=1S/C15H20N2O5S/c1-17(13-7-8-23(20,21)11-13)14(18)9-16-15(19)22-10-12-5-3-2-4-6-12/h2-6,13H,7-11H2,1H3,(H,16,19). The molecule has 0 aliphatic carbocycles. The summed E-state index contributed by atoms with van der Waals surface area (Å²) in [7, 11) is -1.50. The highest BCUT2D eigenvalue weighted by Gasteiger charge is 2.32. The van der Waals surface area contributed by atoms with Gasteiger partial charge in [0, 0.05) is 13.1 Å². The summed E-state index contributed by atoms with van der Waals surface area (Å²) in [5.41, 5.74) is 0.849. The topological polar surface area (TPSA) is 92.8 Å². The van der Waals surface area contributed by atoms with Crippen LogP contribution >= 0.6 is 0 Å². The number of hydrogen-bond acceptors (Lipinski definition) is 5. The van der Waals surface area contributed by atoms with E-state index in [0.29, 0.717) is 6.42 Å². The minimum atomic E-state index is -3.05. The van der Waals surface area contributed by atoms with Gasteiger partial charge in [-0.15, -0.1) is 0 Å². The Bertz CT molecular complexity index is 660. The molecule has 2 amide bonds. The fourth-order valence-corrected chi connectivity index (χ4v) is 4.11. The molecule has 2 rings (SSSR count). The van der Waals surface area contributed by atoms with Gasteiger partial charge in [-0.25, -0.2) is 13.2 Å². The molecule has 0 bridgehead atoms. The van der Waals surface area contributed by atoms with E-state index in [9.17, 15) is 18.0 Å². The number of amides is 2. The SMILES string of the molecule is CN(C(=O)CNC(=O)OCc1ccccc1)C1CCS(=O)(=O)C1. The zero-order valence-corrected chi connectivity index (χ0v) is 13.7. The summed E-state index contributed by atoms with van der Waals surface area (Å²) in [5.74, 6) is -0.265. The van der Waals surface area contributed by atoms with E-state index in [1.807, 2.05) is 30.3 Å². The number of likely N-dealkylation sites (N-methyl/N-ethyl adjacent to an activating group) is 1. The number of alkyl carbamates (subject to hydrolysis) is 1. The maximum atomic E-state index is 12.0. The fraction of sp³-hybridized carbons (Fsp3) is 0.467. The molecule has 8 heteroatoms. The lowest BCUT2D eigenvalue weighted by molar-refractivity contribution is -0.130. The minimum absolute atomic E-state index is 0.0201. The molecule has 0 spiro atoms. The van der Waals surface area contributed by atoms with Crippen LogP contribution in [0.4, 0.5) is 4.79 Å². The van der Waals surface area contributed by atoms with Crippen molar-refractivity contribution in [2.45, 2.75) is 19.1 Å². The second-order valence-corrected chi connectivity index (χ2v) is 7.71. The highest BCUT2D eigenvalue weighted by Crippen LogP contribution is 2.16. The van der Waals surface area contributed by atoms with Crippen LogP contribution in [0.2, 0.25) is 0 Å². The number of benzene rings is 1. The van der Waals surface area contributed by atoms with Gasteiger partial charge in [0.25, 0.3) is 0 Å². The fourth-order valence-electron chi connectivity index (χ4n) is 2.33. The molecule has 1 unspecified atom stereocenters.